The molecular formula is C31H39ClN4O7. The van der Waals surface area contributed by atoms with E-state index in [1.807, 2.05) is 39.0 Å². The molecular weight excluding hydrogens is 576 g/mol. The lowest BCUT2D eigenvalue weighted by Gasteiger charge is -2.37. The van der Waals surface area contributed by atoms with E-state index in [-0.39, 0.29) is 12.9 Å². The molecule has 0 aliphatic carbocycles. The summed E-state index contributed by atoms with van der Waals surface area (Å²) in [4.78, 5) is 20.3. The number of rotatable bonds is 6. The van der Waals surface area contributed by atoms with E-state index in [1.54, 1.807) is 12.1 Å². The number of halogens is 1. The summed E-state index contributed by atoms with van der Waals surface area (Å²) in [5.41, 5.74) is 0.914. The van der Waals surface area contributed by atoms with E-state index in [1.165, 1.54) is 4.90 Å². The van der Waals surface area contributed by atoms with Gasteiger partial charge in [-0.25, -0.2) is 14.7 Å². The molecule has 0 saturated carbocycles. The minimum atomic E-state index is -0.995. The third-order valence-corrected chi connectivity index (χ3v) is 8.00. The maximum atomic E-state index is 13.8. The third kappa shape index (κ3) is 6.80. The van der Waals surface area contributed by atoms with E-state index in [0.717, 1.165) is 38.8 Å². The highest BCUT2D eigenvalue weighted by molar-refractivity contribution is 6.35. The van der Waals surface area contributed by atoms with Crippen molar-refractivity contribution < 1.29 is 33.2 Å². The van der Waals surface area contributed by atoms with Crippen molar-refractivity contribution in [1.82, 2.24) is 5.32 Å². The van der Waals surface area contributed by atoms with Gasteiger partial charge in [-0.3, -0.25) is 0 Å². The van der Waals surface area contributed by atoms with Gasteiger partial charge >= 0.3 is 6.09 Å². The molecule has 0 bridgehead atoms. The van der Waals surface area contributed by atoms with Crippen molar-refractivity contribution >= 4 is 34.9 Å². The lowest BCUT2D eigenvalue weighted by atomic mass is 9.99. The van der Waals surface area contributed by atoms with Crippen LogP contribution in [0.1, 0.15) is 52.0 Å². The molecule has 4 aliphatic rings. The molecule has 2 aromatic carbocycles. The Morgan fingerprint density at radius 1 is 1.12 bits per heavy atom. The number of nitrogens with one attached hydrogen (secondary N) is 2. The van der Waals surface area contributed by atoms with Gasteiger partial charge in [0.15, 0.2) is 11.5 Å². The van der Waals surface area contributed by atoms with Crippen LogP contribution in [-0.4, -0.2) is 69.7 Å². The minimum Gasteiger partial charge on any atom is -0.489 e. The molecule has 2 saturated heterocycles. The van der Waals surface area contributed by atoms with Gasteiger partial charge in [0.1, 0.15) is 29.0 Å². The second-order valence-electron chi connectivity index (χ2n) is 12.0. The summed E-state index contributed by atoms with van der Waals surface area (Å²) in [6.07, 6.45) is 1.87. The van der Waals surface area contributed by atoms with Crippen molar-refractivity contribution in [2.24, 2.45) is 10.9 Å². The van der Waals surface area contributed by atoms with Gasteiger partial charge in [-0.15, -0.1) is 0 Å². The fraction of sp³-hybridized carbons (Fsp3) is 0.548. The molecule has 1 unspecified atom stereocenters. The number of anilines is 2. The van der Waals surface area contributed by atoms with Crippen molar-refractivity contribution in [2.75, 3.05) is 49.9 Å². The molecule has 11 nitrogen and oxygen atoms in total. The molecule has 43 heavy (non-hydrogen) atoms. The minimum absolute atomic E-state index is 0.0494. The van der Waals surface area contributed by atoms with E-state index >= 15 is 0 Å². The second kappa shape index (κ2) is 12.8. The summed E-state index contributed by atoms with van der Waals surface area (Å²) in [5.74, 6) is 2.40. The average Bonchev–Trinajstić information content (AvgIpc) is 3.47. The van der Waals surface area contributed by atoms with Gasteiger partial charge in [-0.05, 0) is 76.9 Å². The fourth-order valence-corrected chi connectivity index (χ4v) is 5.74. The van der Waals surface area contributed by atoms with E-state index in [2.05, 4.69) is 10.6 Å². The van der Waals surface area contributed by atoms with Crippen molar-refractivity contribution in [2.45, 2.75) is 64.5 Å². The first kappa shape index (κ1) is 29.8. The fourth-order valence-electron chi connectivity index (χ4n) is 5.54. The average molecular weight is 615 g/mol. The predicted octanol–water partition coefficient (Wildman–Crippen LogP) is 5.54. The van der Waals surface area contributed by atoms with Crippen molar-refractivity contribution in [3.63, 3.8) is 0 Å². The summed E-state index contributed by atoms with van der Waals surface area (Å²) >= 11 is 6.68. The third-order valence-electron chi connectivity index (χ3n) is 7.68. The largest absolute Gasteiger partial charge is 0.489 e. The van der Waals surface area contributed by atoms with Crippen LogP contribution in [0.4, 0.5) is 16.2 Å². The Balaban J connectivity index is 1.42. The van der Waals surface area contributed by atoms with Gasteiger partial charge in [0.2, 0.25) is 13.1 Å². The quantitative estimate of drug-likeness (QED) is 0.433. The number of piperidine rings is 1. The first-order chi connectivity index (χ1) is 20.8. The zero-order chi connectivity index (χ0) is 30.0. The molecule has 0 aromatic heterocycles. The summed E-state index contributed by atoms with van der Waals surface area (Å²) < 4.78 is 35.8. The molecule has 4 aliphatic heterocycles. The molecule has 0 radical (unpaired) electrons. The molecule has 2 N–H and O–H groups in total. The van der Waals surface area contributed by atoms with Crippen LogP contribution in [0.25, 0.3) is 0 Å². The molecule has 12 heteroatoms. The van der Waals surface area contributed by atoms with Crippen molar-refractivity contribution in [3.8, 4) is 17.2 Å². The Kier molecular flexibility index (Phi) is 8.85. The highest BCUT2D eigenvalue weighted by atomic mass is 35.5. The molecule has 2 fully saturated rings. The smallest absolute Gasteiger partial charge is 0.418 e. The Morgan fingerprint density at radius 3 is 2.67 bits per heavy atom. The number of amidine groups is 1. The molecule has 2 aromatic rings. The summed E-state index contributed by atoms with van der Waals surface area (Å²) in [6, 6.07) is 9.10. The number of ether oxygens (including phenoxy) is 6. The summed E-state index contributed by atoms with van der Waals surface area (Å²) in [7, 11) is 0. The van der Waals surface area contributed by atoms with Crippen LogP contribution in [0.3, 0.4) is 0 Å². The van der Waals surface area contributed by atoms with Crippen LogP contribution >= 0.6 is 11.6 Å². The number of amides is 1. The van der Waals surface area contributed by atoms with Gasteiger partial charge in [-0.2, -0.15) is 0 Å². The molecule has 4 heterocycles. The van der Waals surface area contributed by atoms with Gasteiger partial charge < -0.3 is 39.1 Å². The first-order valence-corrected chi connectivity index (χ1v) is 15.3. The highest BCUT2D eigenvalue weighted by Crippen LogP contribution is 2.45. The van der Waals surface area contributed by atoms with Crippen LogP contribution in [0.15, 0.2) is 35.3 Å². The zero-order valence-corrected chi connectivity index (χ0v) is 25.6. The topological polar surface area (TPSA) is 112 Å². The number of fused-ring (bicyclic) bond motifs is 2. The lowest BCUT2D eigenvalue weighted by Crippen LogP contribution is -2.48. The Labute approximate surface area is 256 Å². The van der Waals surface area contributed by atoms with Gasteiger partial charge in [0.25, 0.3) is 0 Å². The second-order valence-corrected chi connectivity index (χ2v) is 12.4. The molecule has 0 spiro atoms. The van der Waals surface area contributed by atoms with E-state index in [0.29, 0.717) is 70.8 Å². The zero-order valence-electron chi connectivity index (χ0n) is 24.8. The Hall–Kier alpha value is -3.25. The summed E-state index contributed by atoms with van der Waals surface area (Å²) in [5, 5.41) is 7.21. The standard InChI is InChI=1S/C31H39ClN4O7/c1-31(2,3)43-30(37)36-22-5-4-6-23(42-20-11-15-38-16-12-20)25(22)28(35-29(36)39-17-19-9-13-33-14-10-19)34-26-21(32)7-8-24-27(26)41-18-40-24/h4-8,19-20,29,33H,9-18H2,1-3H3,(H,34,35). The number of benzene rings is 2. The number of hydrogen-bond donors (Lipinski definition) is 2. The summed E-state index contributed by atoms with van der Waals surface area (Å²) in [6.45, 7) is 9.14. The number of aliphatic imine (C=N–C) groups is 1. The lowest BCUT2D eigenvalue weighted by molar-refractivity contribution is 0.0100. The van der Waals surface area contributed by atoms with E-state index < -0.39 is 18.0 Å². The van der Waals surface area contributed by atoms with Crippen molar-refractivity contribution in [3.05, 3.63) is 40.9 Å². The van der Waals surface area contributed by atoms with E-state index in [9.17, 15) is 4.79 Å². The van der Waals surface area contributed by atoms with Gasteiger partial charge in [-0.1, -0.05) is 17.7 Å². The normalized spacial score (nSPS) is 20.8. The van der Waals surface area contributed by atoms with Crippen LogP contribution < -0.4 is 29.7 Å². The van der Waals surface area contributed by atoms with Gasteiger partial charge in [0.05, 0.1) is 36.1 Å². The maximum Gasteiger partial charge on any atom is 0.418 e. The maximum absolute atomic E-state index is 13.8. The monoisotopic (exact) mass is 614 g/mol. The number of carbonyl (C=O) groups excluding carboxylic acids is 1. The van der Waals surface area contributed by atoms with Gasteiger partial charge in [0, 0.05) is 12.8 Å². The number of hydrogen-bond acceptors (Lipinski definition) is 10. The predicted molar refractivity (Wildman–Crippen MR) is 163 cm³/mol. The molecule has 1 amide bonds. The molecule has 232 valence electrons. The first-order valence-electron chi connectivity index (χ1n) is 14.9. The number of nitrogens with zero attached hydrogens (tertiary/aromatic N) is 2. The molecule has 6 rings (SSSR count). The van der Waals surface area contributed by atoms with Crippen LogP contribution in [0, 0.1) is 5.92 Å². The van der Waals surface area contributed by atoms with Crippen LogP contribution in [-0.2, 0) is 14.2 Å². The number of carbonyl (C=O) groups is 1. The highest BCUT2D eigenvalue weighted by Gasteiger charge is 2.39. The van der Waals surface area contributed by atoms with Crippen LogP contribution in [0.5, 0.6) is 17.2 Å². The Bertz CT molecular complexity index is 1350. The molecule has 1 atom stereocenters. The van der Waals surface area contributed by atoms with E-state index in [4.69, 9.17) is 45.0 Å². The van der Waals surface area contributed by atoms with Crippen LogP contribution in [0.2, 0.25) is 5.02 Å². The Morgan fingerprint density at radius 2 is 1.91 bits per heavy atom. The SMILES string of the molecule is CC(C)(C)OC(=O)N1c2cccc(OC3CCOCC3)c2C(Nc2c(Cl)ccc3c2OCO3)=NC1OCC1CCNCC1. The van der Waals surface area contributed by atoms with Crippen molar-refractivity contribution in [1.29, 1.82) is 0 Å².